The number of amides is 10. The zero-order chi connectivity index (χ0) is 62.7. The van der Waals surface area contributed by atoms with Gasteiger partial charge in [0.2, 0.25) is 41.4 Å². The first kappa shape index (κ1) is 69.3. The van der Waals surface area contributed by atoms with Crippen LogP contribution in [0, 0.1) is 29.6 Å². The molecule has 2 aromatic rings. The number of imide groups is 1. The number of carbonyl (C=O) groups excluding carboxylic acids is 10. The molecule has 84 heavy (non-hydrogen) atoms. The number of hydrogen-bond acceptors (Lipinski definition) is 14. The summed E-state index contributed by atoms with van der Waals surface area (Å²) in [6.45, 7) is 17.6. The summed E-state index contributed by atoms with van der Waals surface area (Å²) in [7, 11) is 6.19. The van der Waals surface area contributed by atoms with Gasteiger partial charge in [-0.2, -0.15) is 0 Å². The van der Waals surface area contributed by atoms with Crippen LogP contribution in [0.3, 0.4) is 0 Å². The van der Waals surface area contributed by atoms with Gasteiger partial charge >= 0.3 is 6.09 Å². The lowest BCUT2D eigenvalue weighted by atomic mass is 9.89. The van der Waals surface area contributed by atoms with E-state index in [1.807, 2.05) is 51.1 Å². The van der Waals surface area contributed by atoms with E-state index in [9.17, 15) is 53.1 Å². The molecule has 0 aromatic heterocycles. The molecule has 4 rings (SSSR count). The third kappa shape index (κ3) is 18.9. The minimum Gasteiger partial charge on any atom is -0.445 e. The fourth-order valence-electron chi connectivity index (χ4n) is 10.6. The average Bonchev–Trinajstić information content (AvgIpc) is 1.86. The molecule has 0 unspecified atom stereocenters. The Balaban J connectivity index is 1.26. The second-order valence-electron chi connectivity index (χ2n) is 22.9. The molecule has 10 amide bonds. The van der Waals surface area contributed by atoms with E-state index in [0.29, 0.717) is 49.0 Å². The number of ether oxygens (including phenoxy) is 3. The van der Waals surface area contributed by atoms with Gasteiger partial charge in [0, 0.05) is 65.7 Å². The van der Waals surface area contributed by atoms with Crippen LogP contribution in [0.25, 0.3) is 0 Å². The number of rotatable bonds is 33. The Morgan fingerprint density at radius 3 is 1.93 bits per heavy atom. The van der Waals surface area contributed by atoms with Gasteiger partial charge in [-0.05, 0) is 87.0 Å². The van der Waals surface area contributed by atoms with Crippen LogP contribution < -0.4 is 31.9 Å². The number of aliphatic hydroxyl groups is 1. The maximum absolute atomic E-state index is 14.5. The van der Waals surface area contributed by atoms with Crippen molar-refractivity contribution in [3.8, 4) is 0 Å². The van der Waals surface area contributed by atoms with Gasteiger partial charge in [0.1, 0.15) is 30.8 Å². The van der Waals surface area contributed by atoms with Gasteiger partial charge in [-0.3, -0.25) is 53.0 Å². The van der Waals surface area contributed by atoms with Crippen molar-refractivity contribution in [1.29, 1.82) is 0 Å². The van der Waals surface area contributed by atoms with Crippen molar-refractivity contribution in [3.05, 3.63) is 77.9 Å². The van der Waals surface area contributed by atoms with Crippen molar-refractivity contribution in [2.75, 3.05) is 46.7 Å². The summed E-state index contributed by atoms with van der Waals surface area (Å²) in [6, 6.07) is 10.4. The monoisotopic (exact) mass is 1170 g/mol. The van der Waals surface area contributed by atoms with E-state index >= 15 is 0 Å². The van der Waals surface area contributed by atoms with Crippen molar-refractivity contribution >= 4 is 64.9 Å². The molecule has 1 heterocycles. The topological polar surface area (TPSA) is 301 Å². The van der Waals surface area contributed by atoms with Gasteiger partial charge in [0.05, 0.1) is 42.2 Å². The number of aliphatic hydroxyl groups excluding tert-OH is 1. The van der Waals surface area contributed by atoms with Crippen LogP contribution in [0.5, 0.6) is 0 Å². The molecule has 1 aliphatic carbocycles. The lowest BCUT2D eigenvalue weighted by molar-refractivity contribution is -0.144. The molecule has 464 valence electrons. The van der Waals surface area contributed by atoms with Crippen LogP contribution in [0.15, 0.2) is 66.7 Å². The third-order valence-electron chi connectivity index (χ3n) is 16.1. The second kappa shape index (κ2) is 32.2. The van der Waals surface area contributed by atoms with Crippen LogP contribution >= 0.6 is 0 Å². The lowest BCUT2D eigenvalue weighted by Gasteiger charge is -2.40. The molecule has 1 aliphatic heterocycles. The fourth-order valence-corrected chi connectivity index (χ4v) is 10.6. The highest BCUT2D eigenvalue weighted by atomic mass is 16.6. The van der Waals surface area contributed by atoms with Crippen molar-refractivity contribution in [2.24, 2.45) is 29.6 Å². The van der Waals surface area contributed by atoms with Crippen LogP contribution in [0.1, 0.15) is 125 Å². The Morgan fingerprint density at radius 2 is 1.36 bits per heavy atom. The number of carbonyl (C=O) groups is 10. The fraction of sp³-hybridized carbons (Fsp3) is 0.607. The summed E-state index contributed by atoms with van der Waals surface area (Å²) in [5, 5.41) is 27.4. The van der Waals surface area contributed by atoms with E-state index in [1.165, 1.54) is 32.9 Å². The second-order valence-corrected chi connectivity index (χ2v) is 22.9. The van der Waals surface area contributed by atoms with Crippen LogP contribution in [-0.4, -0.2) is 168 Å². The van der Waals surface area contributed by atoms with E-state index in [2.05, 4.69) is 31.9 Å². The standard InChI is InChI=1S/C61H91N9O14/c1-15-37(6)53(46(82-13)32-48(72)62-30-19-22-44-33-61(44,83-14)38(7)55(76)64-39(8)54(75)43-20-17-16-18-21-43)68(11)59(80)51(35(2)3)67-58(79)52(36(4)5)69(12)60(81)84-34-42-23-25-45(26-24-42)66-57(78)41(10)65-56(77)40(9)63-47(71)29-31-70-49(73)27-28-50(70)74/h16-18,20-21,23-28,35-41,44,46,51-54,75H,15,19,22,29-34H2,1-14H3,(H,62,72)(H,63,71)(H,64,76)(H,65,77)(H,66,78)(H,67,79)/t37-,38-,39+,40-,41-,44+,46+,51-,52-,53-,54+,61+/m0/s1. The summed E-state index contributed by atoms with van der Waals surface area (Å²) in [5.41, 5.74) is 0.996. The number of hydrogen-bond donors (Lipinski definition) is 7. The lowest BCUT2D eigenvalue weighted by Crippen LogP contribution is -2.60. The Labute approximate surface area is 494 Å². The number of likely N-dealkylation sites (N-methyl/N-ethyl adjacent to an activating group) is 2. The minimum atomic E-state index is -1.05. The third-order valence-corrected chi connectivity index (χ3v) is 16.1. The first-order chi connectivity index (χ1) is 39.6. The zero-order valence-corrected chi connectivity index (χ0v) is 51.3. The number of methoxy groups -OCH3 is 2. The van der Waals surface area contributed by atoms with Crippen molar-refractivity contribution in [3.63, 3.8) is 0 Å². The quantitative estimate of drug-likeness (QED) is 0.0391. The Morgan fingerprint density at radius 1 is 0.738 bits per heavy atom. The van der Waals surface area contributed by atoms with Gasteiger partial charge < -0.3 is 56.1 Å². The highest BCUT2D eigenvalue weighted by Crippen LogP contribution is 2.54. The van der Waals surface area contributed by atoms with Crippen LogP contribution in [-0.2, 0) is 64.0 Å². The van der Waals surface area contributed by atoms with Crippen molar-refractivity contribution < 1.29 is 67.3 Å². The molecule has 2 aliphatic rings. The van der Waals surface area contributed by atoms with Crippen molar-refractivity contribution in [1.82, 2.24) is 41.3 Å². The molecule has 0 radical (unpaired) electrons. The first-order valence-electron chi connectivity index (χ1n) is 29.0. The van der Waals surface area contributed by atoms with Gasteiger partial charge in [-0.1, -0.05) is 97.4 Å². The average molecular weight is 1170 g/mol. The molecule has 23 heteroatoms. The van der Waals surface area contributed by atoms with E-state index in [1.54, 1.807) is 77.9 Å². The highest BCUT2D eigenvalue weighted by Gasteiger charge is 2.60. The number of nitrogens with one attached hydrogen (secondary N) is 6. The maximum Gasteiger partial charge on any atom is 0.410 e. The highest BCUT2D eigenvalue weighted by molar-refractivity contribution is 6.13. The Bertz CT molecular complexity index is 2620. The molecular weight excluding hydrogens is 1080 g/mol. The van der Waals surface area contributed by atoms with E-state index < -0.39 is 113 Å². The summed E-state index contributed by atoms with van der Waals surface area (Å²) in [6.07, 6.45) is 2.29. The van der Waals surface area contributed by atoms with Gasteiger partial charge in [-0.15, -0.1) is 0 Å². The van der Waals surface area contributed by atoms with Gasteiger partial charge in [-0.25, -0.2) is 4.79 Å². The largest absolute Gasteiger partial charge is 0.445 e. The molecule has 0 bridgehead atoms. The number of anilines is 1. The van der Waals surface area contributed by atoms with Crippen LogP contribution in [0.4, 0.5) is 10.5 Å². The molecular formula is C61H91N9O14. The molecule has 12 atom stereocenters. The van der Waals surface area contributed by atoms with Gasteiger partial charge in [0.25, 0.3) is 11.8 Å². The Kier molecular flexibility index (Phi) is 26.5. The van der Waals surface area contributed by atoms with Crippen molar-refractivity contribution in [2.45, 2.75) is 168 Å². The number of nitrogens with zero attached hydrogens (tertiary/aromatic N) is 3. The van der Waals surface area contributed by atoms with Gasteiger partial charge in [0.15, 0.2) is 0 Å². The van der Waals surface area contributed by atoms with E-state index in [4.69, 9.17) is 14.2 Å². The molecule has 1 saturated carbocycles. The van der Waals surface area contributed by atoms with E-state index in [0.717, 1.165) is 17.1 Å². The summed E-state index contributed by atoms with van der Waals surface area (Å²) >= 11 is 0. The molecule has 7 N–H and O–H groups in total. The van der Waals surface area contributed by atoms with E-state index in [-0.39, 0.29) is 55.6 Å². The zero-order valence-electron chi connectivity index (χ0n) is 51.3. The molecule has 2 aromatic carbocycles. The number of benzene rings is 2. The van der Waals surface area contributed by atoms with Crippen LogP contribution in [0.2, 0.25) is 0 Å². The summed E-state index contributed by atoms with van der Waals surface area (Å²) in [5.74, 6) is -5.53. The maximum atomic E-state index is 14.5. The first-order valence-corrected chi connectivity index (χ1v) is 29.0. The molecule has 0 spiro atoms. The molecule has 23 nitrogen and oxygen atoms in total. The smallest absolute Gasteiger partial charge is 0.410 e. The normalized spacial score (nSPS) is 19.1. The molecule has 1 fully saturated rings. The minimum absolute atomic E-state index is 0.0383. The predicted molar refractivity (Wildman–Crippen MR) is 314 cm³/mol. The predicted octanol–water partition coefficient (Wildman–Crippen LogP) is 4.14. The Hall–Kier alpha value is -7.24. The SMILES string of the molecule is CC[C@H](C)[C@@H]([C@@H](CC(=O)NCCC[C@@H]1C[C@@]1(OC)[C@@H](C)C(=O)N[C@H](C)[C@@H](O)c1ccccc1)OC)N(C)C(=O)[C@@H](NC(=O)[C@H](C(C)C)N(C)C(=O)OCc1ccc(NC(=O)[C@H](C)NC(=O)[C@H](C)NC(=O)CCN2C(=O)C=CC2=O)cc1)C(C)C. The molecule has 0 saturated heterocycles. The summed E-state index contributed by atoms with van der Waals surface area (Å²) in [4.78, 5) is 134. The summed E-state index contributed by atoms with van der Waals surface area (Å²) < 4.78 is 17.5.